The van der Waals surface area contributed by atoms with E-state index in [1.165, 1.54) is 23.9 Å². The summed E-state index contributed by atoms with van der Waals surface area (Å²) in [5.74, 6) is 0.458. The molecule has 1 atom stereocenters. The second kappa shape index (κ2) is 5.00. The third kappa shape index (κ3) is 2.14. The van der Waals surface area contributed by atoms with Gasteiger partial charge in [0.1, 0.15) is 6.04 Å². The third-order valence-electron chi connectivity index (χ3n) is 2.14. The van der Waals surface area contributed by atoms with E-state index in [2.05, 4.69) is 9.44 Å². The van der Waals surface area contributed by atoms with Crippen LogP contribution >= 0.6 is 23.9 Å². The van der Waals surface area contributed by atoms with Gasteiger partial charge in [0.05, 0.1) is 17.2 Å². The van der Waals surface area contributed by atoms with Crippen molar-refractivity contribution in [2.45, 2.75) is 6.04 Å². The molecule has 0 aromatic heterocycles. The summed E-state index contributed by atoms with van der Waals surface area (Å²) in [5, 5.41) is 30.8. The number of thioether (sulfide) groups is 1. The third-order valence-corrected chi connectivity index (χ3v) is 3.88. The van der Waals surface area contributed by atoms with E-state index < -0.39 is 0 Å². The van der Waals surface area contributed by atoms with Gasteiger partial charge in [-0.25, -0.2) is 4.72 Å². The zero-order valence-electron chi connectivity index (χ0n) is 8.17. The Morgan fingerprint density at radius 2 is 2.31 bits per heavy atom. The number of fused-ring (bicyclic) bond motifs is 1. The van der Waals surface area contributed by atoms with Gasteiger partial charge < -0.3 is 20.2 Å². The Morgan fingerprint density at radius 1 is 1.50 bits per heavy atom. The molecule has 8 heteroatoms. The summed E-state index contributed by atoms with van der Waals surface area (Å²) in [6.45, 7) is 0.00860. The van der Waals surface area contributed by atoms with Gasteiger partial charge in [0, 0.05) is 17.9 Å². The van der Waals surface area contributed by atoms with E-state index in [0.29, 0.717) is 10.7 Å². The minimum atomic E-state index is -0.383. The van der Waals surface area contributed by atoms with Crippen molar-refractivity contribution in [3.63, 3.8) is 0 Å². The van der Waals surface area contributed by atoms with E-state index in [-0.39, 0.29) is 23.3 Å². The van der Waals surface area contributed by atoms with Gasteiger partial charge >= 0.3 is 0 Å². The molecular weight excluding hydrogens is 250 g/mol. The molecule has 1 aliphatic carbocycles. The first-order chi connectivity index (χ1) is 7.74. The topological polar surface area (TPSA) is 93.4 Å². The molecule has 0 bridgehead atoms. The van der Waals surface area contributed by atoms with Crippen LogP contribution in [-0.2, 0) is 0 Å². The number of aliphatic hydroxyl groups is 1. The fraction of sp³-hybridized carbons (Fsp3) is 0.375. The zero-order valence-corrected chi connectivity index (χ0v) is 9.81. The summed E-state index contributed by atoms with van der Waals surface area (Å²) in [6, 6.07) is -0.383. The highest BCUT2D eigenvalue weighted by Crippen LogP contribution is 2.28. The Labute approximate surface area is 101 Å². The maximum Gasteiger partial charge on any atom is 0.236 e. The van der Waals surface area contributed by atoms with Crippen LogP contribution in [0.3, 0.4) is 0 Å². The molecule has 0 radical (unpaired) electrons. The summed E-state index contributed by atoms with van der Waals surface area (Å²) >= 11 is 2.53. The number of aliphatic hydroxyl groups excluding tert-OH is 1. The van der Waals surface area contributed by atoms with E-state index in [1.807, 2.05) is 6.08 Å². The molecule has 6 nitrogen and oxygen atoms in total. The quantitative estimate of drug-likeness (QED) is 0.375. The van der Waals surface area contributed by atoms with Crippen molar-refractivity contribution >= 4 is 29.6 Å². The fourth-order valence-corrected chi connectivity index (χ4v) is 3.00. The molecule has 0 aromatic rings. The smallest absolute Gasteiger partial charge is 0.236 e. The predicted molar refractivity (Wildman–Crippen MR) is 65.4 cm³/mol. The summed E-state index contributed by atoms with van der Waals surface area (Å²) in [7, 11) is 0. The Kier molecular flexibility index (Phi) is 3.64. The number of nitrogens with zero attached hydrogens (tertiary/aromatic N) is 1. The number of rotatable bonds is 3. The van der Waals surface area contributed by atoms with E-state index in [4.69, 9.17) is 5.11 Å². The molecule has 2 aliphatic rings. The van der Waals surface area contributed by atoms with Crippen molar-refractivity contribution in [2.24, 2.45) is 0 Å². The van der Waals surface area contributed by atoms with Crippen LogP contribution in [0.15, 0.2) is 22.8 Å². The SMILES string of the molecule is [O-][N+]([O-])=C1C(SCCO)=CC=C2NSNC21. The predicted octanol–water partition coefficient (Wildman–Crippen LogP) is 0.0670. The lowest BCUT2D eigenvalue weighted by atomic mass is 10.0. The van der Waals surface area contributed by atoms with Crippen molar-refractivity contribution in [3.8, 4) is 0 Å². The van der Waals surface area contributed by atoms with Gasteiger partial charge in [0.25, 0.3) is 0 Å². The van der Waals surface area contributed by atoms with Crippen molar-refractivity contribution < 1.29 is 10.0 Å². The zero-order chi connectivity index (χ0) is 11.5. The highest BCUT2D eigenvalue weighted by Gasteiger charge is 2.35. The minimum Gasteiger partial charge on any atom is -0.612 e. The van der Waals surface area contributed by atoms with Gasteiger partial charge in [0.2, 0.25) is 5.71 Å². The van der Waals surface area contributed by atoms with Crippen LogP contribution in [0.4, 0.5) is 0 Å². The van der Waals surface area contributed by atoms with Gasteiger partial charge in [-0.05, 0) is 12.2 Å². The van der Waals surface area contributed by atoms with Crippen LogP contribution in [0.5, 0.6) is 0 Å². The van der Waals surface area contributed by atoms with Gasteiger partial charge in [-0.1, -0.05) is 0 Å². The average Bonchev–Trinajstić information content (AvgIpc) is 2.72. The van der Waals surface area contributed by atoms with Crippen molar-refractivity contribution in [1.29, 1.82) is 0 Å². The molecule has 1 unspecified atom stereocenters. The molecule has 1 aliphatic heterocycles. The minimum absolute atomic E-state index is 0.00860. The molecule has 0 saturated carbocycles. The van der Waals surface area contributed by atoms with Crippen LogP contribution in [-0.4, -0.2) is 34.1 Å². The molecule has 88 valence electrons. The fourth-order valence-electron chi connectivity index (χ4n) is 1.47. The normalized spacial score (nSPS) is 23.3. The van der Waals surface area contributed by atoms with Gasteiger partial charge in [-0.2, -0.15) is 4.90 Å². The van der Waals surface area contributed by atoms with Crippen molar-refractivity contribution in [2.75, 3.05) is 12.4 Å². The van der Waals surface area contributed by atoms with Crippen LogP contribution in [0.2, 0.25) is 0 Å². The Hall–Kier alpha value is -0.830. The standard InChI is InChI=1S/C8H10N3O3S2/c12-3-4-15-6-2-1-5-7(10-16-9-5)8(6)11(13)14/h1-2,7,9-10,12H,3-4H2/q-1. The van der Waals surface area contributed by atoms with Crippen LogP contribution in [0.1, 0.15) is 0 Å². The molecule has 1 saturated heterocycles. The first kappa shape index (κ1) is 11.6. The molecule has 1 heterocycles. The first-order valence-corrected chi connectivity index (χ1v) is 6.38. The second-order valence-corrected chi connectivity index (χ2v) is 4.90. The molecule has 0 spiro atoms. The van der Waals surface area contributed by atoms with E-state index >= 15 is 0 Å². The molecule has 0 amide bonds. The number of hydrogen-bond donors (Lipinski definition) is 3. The summed E-state index contributed by atoms with van der Waals surface area (Å²) in [6.07, 6.45) is 3.54. The summed E-state index contributed by atoms with van der Waals surface area (Å²) in [4.78, 5) is 0.235. The average molecular weight is 260 g/mol. The van der Waals surface area contributed by atoms with Crippen LogP contribution in [0.25, 0.3) is 0 Å². The van der Waals surface area contributed by atoms with E-state index in [1.54, 1.807) is 6.08 Å². The monoisotopic (exact) mass is 260 g/mol. The van der Waals surface area contributed by atoms with Crippen LogP contribution in [0, 0.1) is 10.4 Å². The van der Waals surface area contributed by atoms with E-state index in [0.717, 1.165) is 5.70 Å². The number of allylic oxidation sites excluding steroid dienone is 2. The maximum absolute atomic E-state index is 11.0. The largest absolute Gasteiger partial charge is 0.612 e. The Balaban J connectivity index is 2.26. The molecular formula is C8H10N3O3S2-. The van der Waals surface area contributed by atoms with Crippen LogP contribution < -0.4 is 9.44 Å². The Morgan fingerprint density at radius 3 is 3.00 bits per heavy atom. The molecule has 0 aromatic carbocycles. The lowest BCUT2D eigenvalue weighted by molar-refractivity contribution is -0.380. The van der Waals surface area contributed by atoms with E-state index in [9.17, 15) is 10.4 Å². The van der Waals surface area contributed by atoms with Gasteiger partial charge in [-0.15, -0.1) is 11.8 Å². The van der Waals surface area contributed by atoms with Gasteiger partial charge in [0.15, 0.2) is 0 Å². The lowest BCUT2D eigenvalue weighted by Crippen LogP contribution is -2.37. The molecule has 3 N–H and O–H groups in total. The lowest BCUT2D eigenvalue weighted by Gasteiger charge is -2.20. The molecule has 2 rings (SSSR count). The highest BCUT2D eigenvalue weighted by molar-refractivity contribution is 8.04. The number of hydrogen-bond acceptors (Lipinski definition) is 7. The first-order valence-electron chi connectivity index (χ1n) is 4.58. The second-order valence-electron chi connectivity index (χ2n) is 3.12. The van der Waals surface area contributed by atoms with Gasteiger partial charge in [-0.3, -0.25) is 0 Å². The molecule has 16 heavy (non-hydrogen) atoms. The number of nitrogens with one attached hydrogen (secondary N) is 2. The van der Waals surface area contributed by atoms with Crippen molar-refractivity contribution in [1.82, 2.24) is 9.44 Å². The highest BCUT2D eigenvalue weighted by atomic mass is 32.2. The van der Waals surface area contributed by atoms with Crippen molar-refractivity contribution in [3.05, 3.63) is 33.2 Å². The summed E-state index contributed by atoms with van der Waals surface area (Å²) < 4.78 is 5.90. The Bertz CT molecular complexity index is 377. The molecule has 1 fully saturated rings. The maximum atomic E-state index is 11.0. The summed E-state index contributed by atoms with van der Waals surface area (Å²) in [5.41, 5.74) is 0.943.